The zero-order valence-corrected chi connectivity index (χ0v) is 10.7. The van der Waals surface area contributed by atoms with Crippen LogP contribution in [0.5, 0.6) is 0 Å². The Morgan fingerprint density at radius 3 is 2.82 bits per heavy atom. The van der Waals surface area contributed by atoms with Crippen LogP contribution in [0, 0.1) is 10.1 Å². The number of anilines is 1. The van der Waals surface area contributed by atoms with E-state index in [1.165, 1.54) is 0 Å². The number of thiazole rings is 1. The van der Waals surface area contributed by atoms with Crippen LogP contribution in [-0.4, -0.2) is 37.2 Å². The molecule has 0 atom stereocenters. The van der Waals surface area contributed by atoms with E-state index < -0.39 is 14.9 Å². The van der Waals surface area contributed by atoms with Gasteiger partial charge < -0.3 is 5.32 Å². The first-order valence-corrected chi connectivity index (χ1v) is 7.23. The van der Waals surface area contributed by atoms with Gasteiger partial charge in [-0.2, -0.15) is 0 Å². The van der Waals surface area contributed by atoms with E-state index in [9.17, 15) is 18.5 Å². The molecule has 0 aliphatic carbocycles. The Kier molecular flexibility index (Phi) is 4.78. The number of hydrogen-bond donors (Lipinski definition) is 2. The van der Waals surface area contributed by atoms with Gasteiger partial charge in [0.1, 0.15) is 6.20 Å². The molecule has 1 aromatic heterocycles. The molecule has 0 aliphatic heterocycles. The molecule has 0 bridgehead atoms. The zero-order valence-electron chi connectivity index (χ0n) is 9.04. The molecule has 0 radical (unpaired) electrons. The Hall–Kier alpha value is -1.26. The molecule has 96 valence electrons. The first-order chi connectivity index (χ1) is 7.94. The molecule has 1 rings (SSSR count). The lowest BCUT2D eigenvalue weighted by molar-refractivity contribution is -0.380. The van der Waals surface area contributed by atoms with Crippen molar-refractivity contribution in [2.45, 2.75) is 6.92 Å². The van der Waals surface area contributed by atoms with Gasteiger partial charge in [0.2, 0.25) is 10.0 Å². The summed E-state index contributed by atoms with van der Waals surface area (Å²) in [7, 11) is -3.28. The van der Waals surface area contributed by atoms with E-state index in [0.29, 0.717) is 11.7 Å². The Morgan fingerprint density at radius 1 is 1.59 bits per heavy atom. The molecule has 10 heteroatoms. The average molecular weight is 280 g/mol. The fourth-order valence-electron chi connectivity index (χ4n) is 1.02. The van der Waals surface area contributed by atoms with Crippen molar-refractivity contribution in [2.75, 3.05) is 24.2 Å². The van der Waals surface area contributed by atoms with Gasteiger partial charge in [0, 0.05) is 13.1 Å². The van der Waals surface area contributed by atoms with E-state index in [4.69, 9.17) is 0 Å². The molecule has 0 saturated heterocycles. The number of nitrogens with zero attached hydrogens (tertiary/aromatic N) is 2. The SMILES string of the molecule is CCNS(=O)(=O)CCNc1ncc([N+](=O)[O-])s1. The summed E-state index contributed by atoms with van der Waals surface area (Å²) in [5.74, 6) is -0.103. The van der Waals surface area contributed by atoms with Crippen LogP contribution in [0.3, 0.4) is 0 Å². The maximum Gasteiger partial charge on any atom is 0.345 e. The normalized spacial score (nSPS) is 11.4. The lowest BCUT2D eigenvalue weighted by Gasteiger charge is -2.04. The second kappa shape index (κ2) is 5.89. The van der Waals surface area contributed by atoms with Gasteiger partial charge in [-0.1, -0.05) is 6.92 Å². The fourth-order valence-corrected chi connectivity index (χ4v) is 2.63. The van der Waals surface area contributed by atoms with E-state index in [1.807, 2.05) is 0 Å². The smallest absolute Gasteiger partial charge is 0.345 e. The Labute approximate surface area is 102 Å². The molecule has 0 spiro atoms. The van der Waals surface area contributed by atoms with Crippen molar-refractivity contribution in [1.29, 1.82) is 0 Å². The van der Waals surface area contributed by atoms with Crippen LogP contribution in [0.25, 0.3) is 0 Å². The third-order valence-electron chi connectivity index (χ3n) is 1.68. The summed E-state index contributed by atoms with van der Waals surface area (Å²) in [6.07, 6.45) is 1.13. The third-order valence-corrected chi connectivity index (χ3v) is 4.06. The first-order valence-electron chi connectivity index (χ1n) is 4.76. The van der Waals surface area contributed by atoms with Gasteiger partial charge in [-0.05, 0) is 11.3 Å². The van der Waals surface area contributed by atoms with Gasteiger partial charge in [-0.15, -0.1) is 0 Å². The Balaban J connectivity index is 2.43. The van der Waals surface area contributed by atoms with Gasteiger partial charge >= 0.3 is 5.00 Å². The molecule has 17 heavy (non-hydrogen) atoms. The highest BCUT2D eigenvalue weighted by Crippen LogP contribution is 2.24. The van der Waals surface area contributed by atoms with Gasteiger partial charge in [0.25, 0.3) is 0 Å². The average Bonchev–Trinajstić information content (AvgIpc) is 2.66. The summed E-state index contributed by atoms with van der Waals surface area (Å²) in [6.45, 7) is 2.18. The van der Waals surface area contributed by atoms with Crippen molar-refractivity contribution in [3.63, 3.8) is 0 Å². The second-order valence-electron chi connectivity index (χ2n) is 3.00. The van der Waals surface area contributed by atoms with Crippen LogP contribution in [0.15, 0.2) is 6.20 Å². The number of nitrogens with one attached hydrogen (secondary N) is 2. The number of sulfonamides is 1. The molecule has 0 amide bonds. The van der Waals surface area contributed by atoms with Crippen LogP contribution < -0.4 is 10.0 Å². The monoisotopic (exact) mass is 280 g/mol. The minimum atomic E-state index is -3.28. The lowest BCUT2D eigenvalue weighted by Crippen LogP contribution is -2.29. The van der Waals surface area contributed by atoms with Crippen molar-refractivity contribution < 1.29 is 13.3 Å². The summed E-state index contributed by atoms with van der Waals surface area (Å²) in [5.41, 5.74) is 0. The predicted octanol–water partition coefficient (Wildman–Crippen LogP) is 0.402. The minimum absolute atomic E-state index is 0.0814. The maximum absolute atomic E-state index is 11.3. The summed E-state index contributed by atoms with van der Waals surface area (Å²) >= 11 is 0.868. The standard InChI is InChI=1S/C7H12N4O4S2/c1-2-10-17(14,15)4-3-8-7-9-5-6(16-7)11(12)13/h5,10H,2-4H2,1H3,(H,8,9). The van der Waals surface area contributed by atoms with Crippen LogP contribution in [0.4, 0.5) is 10.1 Å². The van der Waals surface area contributed by atoms with Gasteiger partial charge in [0.05, 0.1) is 10.7 Å². The molecule has 8 nitrogen and oxygen atoms in total. The topological polar surface area (TPSA) is 114 Å². The Bertz CT molecular complexity index is 484. The van der Waals surface area contributed by atoms with Crippen molar-refractivity contribution in [3.8, 4) is 0 Å². The Morgan fingerprint density at radius 2 is 2.29 bits per heavy atom. The molecule has 0 fully saturated rings. The van der Waals surface area contributed by atoms with Gasteiger partial charge in [-0.3, -0.25) is 10.1 Å². The number of nitro groups is 1. The highest BCUT2D eigenvalue weighted by Gasteiger charge is 2.12. The van der Waals surface area contributed by atoms with Crippen LogP contribution in [-0.2, 0) is 10.0 Å². The van der Waals surface area contributed by atoms with Crippen molar-refractivity contribution in [2.24, 2.45) is 0 Å². The lowest BCUT2D eigenvalue weighted by atomic mass is 10.7. The molecule has 0 unspecified atom stereocenters. The van der Waals surface area contributed by atoms with E-state index in [1.54, 1.807) is 6.92 Å². The third kappa shape index (κ3) is 4.63. The summed E-state index contributed by atoms with van der Waals surface area (Å²) in [4.78, 5) is 13.6. The summed E-state index contributed by atoms with van der Waals surface area (Å²) in [5, 5.41) is 13.3. The minimum Gasteiger partial charge on any atom is -0.360 e. The number of aromatic nitrogens is 1. The summed E-state index contributed by atoms with van der Waals surface area (Å²) < 4.78 is 24.9. The molecular formula is C7H12N4O4S2. The highest BCUT2D eigenvalue weighted by molar-refractivity contribution is 7.89. The summed E-state index contributed by atoms with van der Waals surface area (Å²) in [6, 6.07) is 0. The fraction of sp³-hybridized carbons (Fsp3) is 0.571. The molecule has 0 aromatic carbocycles. The van der Waals surface area contributed by atoms with E-state index >= 15 is 0 Å². The van der Waals surface area contributed by atoms with Crippen molar-refractivity contribution in [3.05, 3.63) is 16.3 Å². The van der Waals surface area contributed by atoms with E-state index in [2.05, 4.69) is 15.0 Å². The van der Waals surface area contributed by atoms with Crippen LogP contribution >= 0.6 is 11.3 Å². The molecule has 2 N–H and O–H groups in total. The molecule has 0 aliphatic rings. The van der Waals surface area contributed by atoms with E-state index in [0.717, 1.165) is 17.5 Å². The molecule has 1 aromatic rings. The first kappa shape index (κ1) is 13.8. The van der Waals surface area contributed by atoms with E-state index in [-0.39, 0.29) is 17.3 Å². The molecule has 1 heterocycles. The highest BCUT2D eigenvalue weighted by atomic mass is 32.2. The molecule has 0 saturated carbocycles. The zero-order chi connectivity index (χ0) is 12.9. The van der Waals surface area contributed by atoms with Crippen LogP contribution in [0.2, 0.25) is 0 Å². The number of rotatable bonds is 7. The number of hydrogen-bond acceptors (Lipinski definition) is 7. The van der Waals surface area contributed by atoms with Crippen molar-refractivity contribution in [1.82, 2.24) is 9.71 Å². The molecular weight excluding hydrogens is 268 g/mol. The van der Waals surface area contributed by atoms with Crippen LogP contribution in [0.1, 0.15) is 6.92 Å². The van der Waals surface area contributed by atoms with Gasteiger partial charge in [0.15, 0.2) is 5.13 Å². The second-order valence-corrected chi connectivity index (χ2v) is 5.94. The van der Waals surface area contributed by atoms with Crippen molar-refractivity contribution >= 4 is 31.5 Å². The quantitative estimate of drug-likeness (QED) is 0.552. The predicted molar refractivity (Wildman–Crippen MR) is 64.7 cm³/mol. The largest absolute Gasteiger partial charge is 0.360 e. The maximum atomic E-state index is 11.3. The van der Waals surface area contributed by atoms with Gasteiger partial charge in [-0.25, -0.2) is 18.1 Å².